The third kappa shape index (κ3) is 5.68. The summed E-state index contributed by atoms with van der Waals surface area (Å²) in [7, 11) is 0. The van der Waals surface area contributed by atoms with E-state index in [0.717, 1.165) is 44.8 Å². The van der Waals surface area contributed by atoms with Gasteiger partial charge in [-0.25, -0.2) is 0 Å². The molecular formula is C22H29N3O. The van der Waals surface area contributed by atoms with Crippen molar-refractivity contribution in [2.75, 3.05) is 44.6 Å². The molecule has 1 saturated heterocycles. The minimum absolute atomic E-state index is 0.0766. The molecule has 26 heavy (non-hydrogen) atoms. The topological polar surface area (TPSA) is 35.6 Å². The van der Waals surface area contributed by atoms with Crippen LogP contribution in [-0.2, 0) is 11.2 Å². The Morgan fingerprint density at radius 3 is 2.19 bits per heavy atom. The first-order chi connectivity index (χ1) is 12.6. The summed E-state index contributed by atoms with van der Waals surface area (Å²) in [6.07, 6.45) is 1.09. The predicted molar refractivity (Wildman–Crippen MR) is 108 cm³/mol. The standard InChI is InChI=1S/C22H29N3O/c1-18-14-19(2)16-21(15-18)23-22(26)17-25-12-10-24(11-13-25)9-8-20-6-4-3-5-7-20/h3-7,14-16H,8-13,17H2,1-2H3,(H,23,26). The average molecular weight is 351 g/mol. The van der Waals surface area contributed by atoms with Gasteiger partial charge in [0.1, 0.15) is 0 Å². The molecule has 2 aromatic carbocycles. The molecule has 4 heteroatoms. The lowest BCUT2D eigenvalue weighted by atomic mass is 10.1. The molecule has 1 N–H and O–H groups in total. The van der Waals surface area contributed by atoms with Gasteiger partial charge in [0.25, 0.3) is 0 Å². The van der Waals surface area contributed by atoms with E-state index in [4.69, 9.17) is 0 Å². The fourth-order valence-corrected chi connectivity index (χ4v) is 3.55. The highest BCUT2D eigenvalue weighted by atomic mass is 16.2. The van der Waals surface area contributed by atoms with Gasteiger partial charge in [0.05, 0.1) is 6.54 Å². The molecule has 0 spiro atoms. The van der Waals surface area contributed by atoms with Gasteiger partial charge in [0.15, 0.2) is 0 Å². The van der Waals surface area contributed by atoms with Gasteiger partial charge in [-0.15, -0.1) is 0 Å². The van der Waals surface area contributed by atoms with Crippen LogP contribution in [0.3, 0.4) is 0 Å². The first kappa shape index (κ1) is 18.6. The first-order valence-electron chi connectivity index (χ1n) is 9.45. The van der Waals surface area contributed by atoms with Crippen LogP contribution in [0.25, 0.3) is 0 Å². The molecule has 0 bridgehead atoms. The van der Waals surface area contributed by atoms with Gasteiger partial charge in [0.2, 0.25) is 5.91 Å². The van der Waals surface area contributed by atoms with Crippen LogP contribution in [0.4, 0.5) is 5.69 Å². The van der Waals surface area contributed by atoms with Crippen molar-refractivity contribution < 1.29 is 4.79 Å². The molecule has 1 fully saturated rings. The Morgan fingerprint density at radius 2 is 1.54 bits per heavy atom. The van der Waals surface area contributed by atoms with Crippen LogP contribution in [0.1, 0.15) is 16.7 Å². The second kappa shape index (κ2) is 8.97. The highest BCUT2D eigenvalue weighted by Crippen LogP contribution is 2.14. The number of benzene rings is 2. The molecule has 3 rings (SSSR count). The van der Waals surface area contributed by atoms with Crippen molar-refractivity contribution in [2.45, 2.75) is 20.3 Å². The van der Waals surface area contributed by atoms with E-state index in [1.54, 1.807) is 0 Å². The molecule has 1 amide bonds. The molecule has 0 aromatic heterocycles. The number of piperazine rings is 1. The predicted octanol–water partition coefficient (Wildman–Crippen LogP) is 3.10. The van der Waals surface area contributed by atoms with E-state index in [9.17, 15) is 4.79 Å². The maximum Gasteiger partial charge on any atom is 0.238 e. The van der Waals surface area contributed by atoms with E-state index >= 15 is 0 Å². The van der Waals surface area contributed by atoms with Gasteiger partial charge in [-0.05, 0) is 49.1 Å². The average Bonchev–Trinajstić information content (AvgIpc) is 2.61. The van der Waals surface area contributed by atoms with E-state index in [-0.39, 0.29) is 5.91 Å². The van der Waals surface area contributed by atoms with Crippen LogP contribution in [0, 0.1) is 13.8 Å². The highest BCUT2D eigenvalue weighted by molar-refractivity contribution is 5.92. The number of nitrogens with one attached hydrogen (secondary N) is 1. The maximum absolute atomic E-state index is 12.3. The SMILES string of the molecule is Cc1cc(C)cc(NC(=O)CN2CCN(CCc3ccccc3)CC2)c1. The molecule has 1 aliphatic heterocycles. The number of amides is 1. The maximum atomic E-state index is 12.3. The Hall–Kier alpha value is -2.17. The van der Waals surface area contributed by atoms with Gasteiger partial charge < -0.3 is 10.2 Å². The lowest BCUT2D eigenvalue weighted by Gasteiger charge is -2.34. The number of hydrogen-bond acceptors (Lipinski definition) is 3. The van der Waals surface area contributed by atoms with E-state index in [1.165, 1.54) is 16.7 Å². The zero-order valence-corrected chi connectivity index (χ0v) is 15.9. The zero-order chi connectivity index (χ0) is 18.4. The van der Waals surface area contributed by atoms with E-state index in [1.807, 2.05) is 12.1 Å². The minimum atomic E-state index is 0.0766. The number of anilines is 1. The Labute approximate surface area is 156 Å². The molecule has 0 atom stereocenters. The third-order valence-corrected chi connectivity index (χ3v) is 4.90. The molecule has 1 heterocycles. The van der Waals surface area contributed by atoms with Crippen molar-refractivity contribution in [1.29, 1.82) is 0 Å². The van der Waals surface area contributed by atoms with Crippen LogP contribution < -0.4 is 5.32 Å². The largest absolute Gasteiger partial charge is 0.325 e. The molecule has 138 valence electrons. The van der Waals surface area contributed by atoms with Gasteiger partial charge in [-0.3, -0.25) is 9.69 Å². The van der Waals surface area contributed by atoms with Crippen LogP contribution >= 0.6 is 0 Å². The number of nitrogens with zero attached hydrogens (tertiary/aromatic N) is 2. The number of rotatable bonds is 6. The summed E-state index contributed by atoms with van der Waals surface area (Å²) in [6, 6.07) is 16.8. The van der Waals surface area contributed by atoms with Gasteiger partial charge in [-0.1, -0.05) is 36.4 Å². The summed E-state index contributed by atoms with van der Waals surface area (Å²) in [6.45, 7) is 9.64. The monoisotopic (exact) mass is 351 g/mol. The molecule has 1 aliphatic rings. The lowest BCUT2D eigenvalue weighted by molar-refractivity contribution is -0.117. The van der Waals surface area contributed by atoms with E-state index in [0.29, 0.717) is 6.54 Å². The van der Waals surface area contributed by atoms with Crippen molar-refractivity contribution in [3.8, 4) is 0 Å². The molecule has 4 nitrogen and oxygen atoms in total. The van der Waals surface area contributed by atoms with Crippen LogP contribution in [0.2, 0.25) is 0 Å². The number of hydrogen-bond donors (Lipinski definition) is 1. The van der Waals surface area contributed by atoms with Gasteiger partial charge >= 0.3 is 0 Å². The summed E-state index contributed by atoms with van der Waals surface area (Å²) in [5.74, 6) is 0.0766. The van der Waals surface area contributed by atoms with Crippen molar-refractivity contribution in [3.63, 3.8) is 0 Å². The normalized spacial score (nSPS) is 15.8. The summed E-state index contributed by atoms with van der Waals surface area (Å²) in [5.41, 5.74) is 4.64. The summed E-state index contributed by atoms with van der Waals surface area (Å²) < 4.78 is 0. The van der Waals surface area contributed by atoms with Gasteiger partial charge in [0, 0.05) is 38.4 Å². The van der Waals surface area contributed by atoms with E-state index < -0.39 is 0 Å². The molecule has 0 radical (unpaired) electrons. The van der Waals surface area contributed by atoms with Crippen molar-refractivity contribution in [1.82, 2.24) is 9.80 Å². The molecule has 0 saturated carbocycles. The fourth-order valence-electron chi connectivity index (χ4n) is 3.55. The van der Waals surface area contributed by atoms with Crippen molar-refractivity contribution >= 4 is 11.6 Å². The first-order valence-corrected chi connectivity index (χ1v) is 9.45. The van der Waals surface area contributed by atoms with Crippen LogP contribution in [-0.4, -0.2) is 55.0 Å². The third-order valence-electron chi connectivity index (χ3n) is 4.90. The van der Waals surface area contributed by atoms with Crippen molar-refractivity contribution in [2.24, 2.45) is 0 Å². The second-order valence-electron chi connectivity index (χ2n) is 7.28. The smallest absolute Gasteiger partial charge is 0.238 e. The lowest BCUT2D eigenvalue weighted by Crippen LogP contribution is -2.49. The number of carbonyl (C=O) groups excluding carboxylic acids is 1. The molecule has 2 aromatic rings. The zero-order valence-electron chi connectivity index (χ0n) is 15.9. The Balaban J connectivity index is 1.40. The summed E-state index contributed by atoms with van der Waals surface area (Å²) >= 11 is 0. The fraction of sp³-hybridized carbons (Fsp3) is 0.409. The van der Waals surface area contributed by atoms with Crippen LogP contribution in [0.5, 0.6) is 0 Å². The second-order valence-corrected chi connectivity index (χ2v) is 7.28. The van der Waals surface area contributed by atoms with Crippen LogP contribution in [0.15, 0.2) is 48.5 Å². The number of carbonyl (C=O) groups is 1. The minimum Gasteiger partial charge on any atom is -0.325 e. The Bertz CT molecular complexity index is 701. The summed E-state index contributed by atoms with van der Waals surface area (Å²) in [5, 5.41) is 3.03. The summed E-state index contributed by atoms with van der Waals surface area (Å²) in [4.78, 5) is 17.1. The quantitative estimate of drug-likeness (QED) is 0.869. The molecular weight excluding hydrogens is 322 g/mol. The van der Waals surface area contributed by atoms with E-state index in [2.05, 4.69) is 65.4 Å². The van der Waals surface area contributed by atoms with Crippen molar-refractivity contribution in [3.05, 3.63) is 65.2 Å². The molecule has 0 unspecified atom stereocenters. The Kier molecular flexibility index (Phi) is 6.42. The highest BCUT2D eigenvalue weighted by Gasteiger charge is 2.18. The Morgan fingerprint density at radius 1 is 0.923 bits per heavy atom. The molecule has 0 aliphatic carbocycles. The number of aryl methyl sites for hydroxylation is 2. The van der Waals surface area contributed by atoms with Gasteiger partial charge in [-0.2, -0.15) is 0 Å².